The van der Waals surface area contributed by atoms with Crippen molar-refractivity contribution in [2.45, 2.75) is 89.2 Å². The Bertz CT molecular complexity index is 1220. The van der Waals surface area contributed by atoms with E-state index in [1.807, 2.05) is 0 Å². The second kappa shape index (κ2) is 14.6. The number of hydrogen-bond acceptors (Lipinski definition) is 11. The number of aliphatic hydroxyl groups is 4. The number of carbonyl (C=O) groups excluding carboxylic acids is 2. The molecule has 13 heteroatoms. The summed E-state index contributed by atoms with van der Waals surface area (Å²) in [7, 11) is 0. The standard InChI is InChI=1S/C28H40N2O11/c1-28(2,3)41-27(37)30-11-7-5-4-6-10-29-21(32)12-16-13-22(33)39-19-14-17(8-9-18(16)19)38-26-25(36)24(35)23(34)20(15-31)40-26/h8-9,13-14,20,23-26,31,34-36H,4-7,10-12,15H2,1-3H3,(H,29,32)(H,30,37)/t20-,23+,24+,25-,26-/m1/s1. The highest BCUT2D eigenvalue weighted by atomic mass is 16.7. The highest BCUT2D eigenvalue weighted by molar-refractivity contribution is 5.87. The van der Waals surface area contributed by atoms with Crippen LogP contribution in [-0.2, 0) is 20.7 Å². The molecule has 1 aromatic carbocycles. The lowest BCUT2D eigenvalue weighted by atomic mass is 9.99. The molecular weight excluding hydrogens is 540 g/mol. The molecule has 228 valence electrons. The van der Waals surface area contributed by atoms with Gasteiger partial charge in [0.15, 0.2) is 0 Å². The normalized spacial score (nSPS) is 22.8. The van der Waals surface area contributed by atoms with Gasteiger partial charge in [-0.15, -0.1) is 0 Å². The molecule has 13 nitrogen and oxygen atoms in total. The van der Waals surface area contributed by atoms with E-state index in [0.717, 1.165) is 25.7 Å². The minimum atomic E-state index is -1.60. The molecule has 0 bridgehead atoms. The van der Waals surface area contributed by atoms with E-state index < -0.39 is 54.6 Å². The number of alkyl carbamates (subject to hydrolysis) is 1. The molecule has 2 heterocycles. The summed E-state index contributed by atoms with van der Waals surface area (Å²) in [6.07, 6.45) is -4.45. The summed E-state index contributed by atoms with van der Waals surface area (Å²) in [6, 6.07) is 5.74. The van der Waals surface area contributed by atoms with Crippen molar-refractivity contribution in [3.8, 4) is 5.75 Å². The first-order valence-electron chi connectivity index (χ1n) is 13.7. The van der Waals surface area contributed by atoms with Gasteiger partial charge in [-0.3, -0.25) is 4.79 Å². The molecule has 2 amide bonds. The molecule has 1 saturated heterocycles. The molecule has 41 heavy (non-hydrogen) atoms. The van der Waals surface area contributed by atoms with Crippen LogP contribution in [0.3, 0.4) is 0 Å². The first-order valence-corrected chi connectivity index (χ1v) is 13.7. The lowest BCUT2D eigenvalue weighted by Crippen LogP contribution is -2.60. The third-order valence-corrected chi connectivity index (χ3v) is 6.35. The number of hydrogen-bond donors (Lipinski definition) is 6. The number of aliphatic hydroxyl groups excluding tert-OH is 4. The Morgan fingerprint density at radius 1 is 0.951 bits per heavy atom. The third-order valence-electron chi connectivity index (χ3n) is 6.35. The Labute approximate surface area is 237 Å². The molecular formula is C28H40N2O11. The SMILES string of the molecule is CC(C)(C)OC(=O)NCCCCCCNC(=O)Cc1cc(=O)oc2cc(O[C@@H]3O[C@H](CO)[C@H](O)[C@H](O)[C@H]3O)ccc12. The Balaban J connectivity index is 1.47. The van der Waals surface area contributed by atoms with E-state index in [-0.39, 0.29) is 23.7 Å². The van der Waals surface area contributed by atoms with Gasteiger partial charge in [0, 0.05) is 30.6 Å². The van der Waals surface area contributed by atoms with Gasteiger partial charge in [-0.25, -0.2) is 9.59 Å². The van der Waals surface area contributed by atoms with Crippen molar-refractivity contribution in [3.63, 3.8) is 0 Å². The van der Waals surface area contributed by atoms with Crippen molar-refractivity contribution in [2.75, 3.05) is 19.7 Å². The van der Waals surface area contributed by atoms with Gasteiger partial charge in [-0.1, -0.05) is 12.8 Å². The van der Waals surface area contributed by atoms with Crippen LogP contribution in [0.1, 0.15) is 52.0 Å². The smallest absolute Gasteiger partial charge is 0.407 e. The number of rotatable bonds is 12. The zero-order valence-electron chi connectivity index (χ0n) is 23.5. The first kappa shape index (κ1) is 32.3. The molecule has 0 aliphatic carbocycles. The minimum Gasteiger partial charge on any atom is -0.462 e. The van der Waals surface area contributed by atoms with E-state index >= 15 is 0 Å². The quantitative estimate of drug-likeness (QED) is 0.153. The highest BCUT2D eigenvalue weighted by Gasteiger charge is 2.44. The van der Waals surface area contributed by atoms with E-state index in [1.165, 1.54) is 18.2 Å². The van der Waals surface area contributed by atoms with E-state index in [9.17, 15) is 34.8 Å². The fraction of sp³-hybridized carbons (Fsp3) is 0.607. The zero-order chi connectivity index (χ0) is 30.2. The summed E-state index contributed by atoms with van der Waals surface area (Å²) in [4.78, 5) is 36.3. The number of ether oxygens (including phenoxy) is 3. The summed E-state index contributed by atoms with van der Waals surface area (Å²) >= 11 is 0. The van der Waals surface area contributed by atoms with E-state index in [0.29, 0.717) is 24.0 Å². The van der Waals surface area contributed by atoms with Crippen LogP contribution in [0, 0.1) is 0 Å². The van der Waals surface area contributed by atoms with E-state index in [1.54, 1.807) is 26.8 Å². The van der Waals surface area contributed by atoms with Gasteiger partial charge in [0.25, 0.3) is 0 Å². The number of nitrogens with one attached hydrogen (secondary N) is 2. The number of carbonyl (C=O) groups is 2. The first-order chi connectivity index (χ1) is 19.4. The molecule has 5 atom stereocenters. The zero-order valence-corrected chi connectivity index (χ0v) is 23.5. The van der Waals surface area contributed by atoms with Crippen LogP contribution in [-0.4, -0.2) is 88.4 Å². The molecule has 2 aromatic rings. The molecule has 1 fully saturated rings. The fourth-order valence-corrected chi connectivity index (χ4v) is 4.30. The predicted octanol–water partition coefficient (Wildman–Crippen LogP) is 0.716. The Kier molecular flexibility index (Phi) is 11.5. The van der Waals surface area contributed by atoms with Gasteiger partial charge in [-0.05, 0) is 51.3 Å². The highest BCUT2D eigenvalue weighted by Crippen LogP contribution is 2.27. The third kappa shape index (κ3) is 9.68. The molecule has 1 aliphatic rings. The van der Waals surface area contributed by atoms with Crippen LogP contribution in [0.15, 0.2) is 33.5 Å². The lowest BCUT2D eigenvalue weighted by Gasteiger charge is -2.39. The van der Waals surface area contributed by atoms with Crippen LogP contribution in [0.25, 0.3) is 11.0 Å². The summed E-state index contributed by atoms with van der Waals surface area (Å²) in [5.74, 6) is -0.127. The number of amides is 2. The monoisotopic (exact) mass is 580 g/mol. The fourth-order valence-electron chi connectivity index (χ4n) is 4.30. The van der Waals surface area contributed by atoms with E-state index in [4.69, 9.17) is 18.6 Å². The maximum absolute atomic E-state index is 12.5. The summed E-state index contributed by atoms with van der Waals surface area (Å²) in [5.41, 5.74) is -0.596. The van der Waals surface area contributed by atoms with Gasteiger partial charge >= 0.3 is 11.7 Å². The summed E-state index contributed by atoms with van der Waals surface area (Å²) < 4.78 is 21.4. The molecule has 0 unspecified atom stereocenters. The largest absolute Gasteiger partial charge is 0.462 e. The van der Waals surface area contributed by atoms with Gasteiger partial charge < -0.3 is 49.7 Å². The van der Waals surface area contributed by atoms with Gasteiger partial charge in [-0.2, -0.15) is 0 Å². The van der Waals surface area contributed by atoms with Crippen molar-refractivity contribution in [2.24, 2.45) is 0 Å². The maximum atomic E-state index is 12.5. The maximum Gasteiger partial charge on any atom is 0.407 e. The van der Waals surface area contributed by atoms with Crippen molar-refractivity contribution in [1.29, 1.82) is 0 Å². The van der Waals surface area contributed by atoms with Crippen LogP contribution in [0.5, 0.6) is 5.75 Å². The van der Waals surface area contributed by atoms with Crippen LogP contribution < -0.4 is 21.0 Å². The van der Waals surface area contributed by atoms with Gasteiger partial charge in [0.2, 0.25) is 12.2 Å². The van der Waals surface area contributed by atoms with Gasteiger partial charge in [0.05, 0.1) is 13.0 Å². The Hall–Kier alpha value is -3.23. The lowest BCUT2D eigenvalue weighted by molar-refractivity contribution is -0.277. The van der Waals surface area contributed by atoms with Crippen molar-refractivity contribution in [3.05, 3.63) is 40.2 Å². The van der Waals surface area contributed by atoms with E-state index in [2.05, 4.69) is 10.6 Å². The molecule has 3 rings (SSSR count). The van der Waals surface area contributed by atoms with Gasteiger partial charge in [0.1, 0.15) is 41.3 Å². The molecule has 6 N–H and O–H groups in total. The average molecular weight is 581 g/mol. The van der Waals surface area contributed by atoms with Crippen molar-refractivity contribution >= 4 is 23.0 Å². The van der Waals surface area contributed by atoms with Crippen LogP contribution in [0.2, 0.25) is 0 Å². The second-order valence-electron chi connectivity index (χ2n) is 10.9. The molecule has 0 saturated carbocycles. The number of benzene rings is 1. The van der Waals surface area contributed by atoms with Crippen LogP contribution in [0.4, 0.5) is 4.79 Å². The Morgan fingerprint density at radius 2 is 1.63 bits per heavy atom. The summed E-state index contributed by atoms with van der Waals surface area (Å²) in [5, 5.41) is 45.5. The van der Waals surface area contributed by atoms with Crippen molar-refractivity contribution < 1.29 is 48.6 Å². The summed E-state index contributed by atoms with van der Waals surface area (Å²) in [6.45, 7) is 5.79. The molecule has 0 spiro atoms. The average Bonchev–Trinajstić information content (AvgIpc) is 2.89. The molecule has 1 aliphatic heterocycles. The number of unbranched alkanes of at least 4 members (excludes halogenated alkanes) is 3. The second-order valence-corrected chi connectivity index (χ2v) is 10.9. The Morgan fingerprint density at radius 3 is 2.29 bits per heavy atom. The minimum absolute atomic E-state index is 0.0468. The molecule has 0 radical (unpaired) electrons. The topological polar surface area (TPSA) is 197 Å². The van der Waals surface area contributed by atoms with Crippen LogP contribution >= 0.6 is 0 Å². The predicted molar refractivity (Wildman–Crippen MR) is 146 cm³/mol. The van der Waals surface area contributed by atoms with Crippen molar-refractivity contribution in [1.82, 2.24) is 10.6 Å². The number of fused-ring (bicyclic) bond motifs is 1. The molecule has 1 aromatic heterocycles.